The van der Waals surface area contributed by atoms with E-state index in [0.717, 1.165) is 0 Å². The second kappa shape index (κ2) is 7.83. The van der Waals surface area contributed by atoms with Crippen LogP contribution in [0.5, 0.6) is 11.5 Å². The molecule has 0 fully saturated rings. The van der Waals surface area contributed by atoms with Crippen LogP contribution in [0.1, 0.15) is 0 Å². The maximum Gasteiger partial charge on any atom is 0.412 e. The van der Waals surface area contributed by atoms with Crippen LogP contribution in [0.25, 0.3) is 0 Å². The topological polar surface area (TPSA) is 66.0 Å². The Labute approximate surface area is 116 Å². The second-order valence-corrected chi connectivity index (χ2v) is 3.91. The van der Waals surface area contributed by atoms with Gasteiger partial charge < -0.3 is 24.3 Å². The number of hydrogen-bond donors (Lipinski definition) is 1. The van der Waals surface area contributed by atoms with E-state index in [9.17, 15) is 4.79 Å². The highest BCUT2D eigenvalue weighted by atomic mass is 35.5. The first-order chi connectivity index (χ1) is 9.08. The van der Waals surface area contributed by atoms with E-state index >= 15 is 0 Å². The van der Waals surface area contributed by atoms with E-state index in [0.29, 0.717) is 10.8 Å². The van der Waals surface area contributed by atoms with Gasteiger partial charge in [0.1, 0.15) is 18.1 Å². The Morgan fingerprint density at radius 2 is 1.89 bits per heavy atom. The van der Waals surface area contributed by atoms with Gasteiger partial charge in [0.05, 0.1) is 0 Å². The number of methoxy groups -OCH3 is 2. The number of benzene rings is 1. The van der Waals surface area contributed by atoms with E-state index in [-0.39, 0.29) is 12.4 Å². The molecule has 0 atom stereocenters. The molecule has 1 rings (SSSR count). The van der Waals surface area contributed by atoms with Crippen molar-refractivity contribution in [2.24, 2.45) is 0 Å². The molecule has 0 aromatic heterocycles. The Kier molecular flexibility index (Phi) is 6.41. The summed E-state index contributed by atoms with van der Waals surface area (Å²) in [5.74, 6) is 0.735. The maximum absolute atomic E-state index is 11.1. The first kappa shape index (κ1) is 15.6. The van der Waals surface area contributed by atoms with Crippen molar-refractivity contribution in [3.05, 3.63) is 23.2 Å². The van der Waals surface area contributed by atoms with Gasteiger partial charge in [-0.3, -0.25) is 0 Å². The predicted molar refractivity (Wildman–Crippen MR) is 69.8 cm³/mol. The summed E-state index contributed by atoms with van der Waals surface area (Å²) >= 11 is 5.91. The summed E-state index contributed by atoms with van der Waals surface area (Å²) in [6.07, 6.45) is -1.07. The van der Waals surface area contributed by atoms with Crippen molar-refractivity contribution in [2.75, 3.05) is 27.9 Å². The third-order valence-electron chi connectivity index (χ3n) is 2.17. The highest BCUT2D eigenvalue weighted by Crippen LogP contribution is 2.26. The Morgan fingerprint density at radius 3 is 2.47 bits per heavy atom. The smallest absolute Gasteiger partial charge is 0.412 e. The molecule has 0 aliphatic heterocycles. The van der Waals surface area contributed by atoms with Crippen molar-refractivity contribution in [3.63, 3.8) is 0 Å². The lowest BCUT2D eigenvalue weighted by Crippen LogP contribution is -2.23. The minimum absolute atomic E-state index is 0.187. The van der Waals surface area contributed by atoms with Crippen molar-refractivity contribution in [1.29, 1.82) is 0 Å². The van der Waals surface area contributed by atoms with Crippen LogP contribution in [0.15, 0.2) is 18.2 Å². The van der Waals surface area contributed by atoms with Crippen LogP contribution >= 0.6 is 11.6 Å². The van der Waals surface area contributed by atoms with E-state index in [1.54, 1.807) is 12.1 Å². The normalized spacial score (nSPS) is 10.4. The summed E-state index contributed by atoms with van der Waals surface area (Å²) in [6.45, 7) is 0.187. The summed E-state index contributed by atoms with van der Waals surface area (Å²) in [5.41, 5.74) is 0. The Balaban J connectivity index is 2.70. The monoisotopic (exact) mass is 289 g/mol. The van der Waals surface area contributed by atoms with E-state index in [2.05, 4.69) is 5.32 Å². The molecule has 106 valence electrons. The van der Waals surface area contributed by atoms with Gasteiger partial charge in [-0.25, -0.2) is 4.79 Å². The van der Waals surface area contributed by atoms with Crippen molar-refractivity contribution in [3.8, 4) is 11.5 Å². The molecule has 6 nitrogen and oxygen atoms in total. The minimum atomic E-state index is -0.583. The SMILES string of the molecule is CNC(=O)Oc1cc(Cl)cc(OCC(OC)OC)c1. The van der Waals surface area contributed by atoms with Crippen molar-refractivity contribution in [2.45, 2.75) is 6.29 Å². The zero-order valence-electron chi connectivity index (χ0n) is 10.9. The number of rotatable bonds is 6. The first-order valence-corrected chi connectivity index (χ1v) is 5.85. The second-order valence-electron chi connectivity index (χ2n) is 3.47. The summed E-state index contributed by atoms with van der Waals surface area (Å²) in [7, 11) is 4.48. The molecule has 1 amide bonds. The van der Waals surface area contributed by atoms with Gasteiger partial charge in [0.25, 0.3) is 0 Å². The molecule has 0 spiro atoms. The van der Waals surface area contributed by atoms with Gasteiger partial charge in [-0.15, -0.1) is 0 Å². The van der Waals surface area contributed by atoms with Crippen LogP contribution in [0, 0.1) is 0 Å². The fraction of sp³-hybridized carbons (Fsp3) is 0.417. The molecule has 0 saturated carbocycles. The Morgan fingerprint density at radius 1 is 1.26 bits per heavy atom. The molecular weight excluding hydrogens is 274 g/mol. The predicted octanol–water partition coefficient (Wildman–Crippen LogP) is 2.06. The Hall–Kier alpha value is -1.50. The van der Waals surface area contributed by atoms with Crippen LogP contribution in [-0.4, -0.2) is 40.3 Å². The van der Waals surface area contributed by atoms with Crippen molar-refractivity contribution >= 4 is 17.7 Å². The van der Waals surface area contributed by atoms with Crippen LogP contribution in [-0.2, 0) is 9.47 Å². The van der Waals surface area contributed by atoms with Gasteiger partial charge in [-0.05, 0) is 12.1 Å². The molecular formula is C12H16ClNO5. The summed E-state index contributed by atoms with van der Waals surface area (Å²) < 4.78 is 20.4. The number of carbonyl (C=O) groups excluding carboxylic acids is 1. The molecule has 0 heterocycles. The molecule has 0 unspecified atom stereocenters. The van der Waals surface area contributed by atoms with Gasteiger partial charge in [0.15, 0.2) is 6.29 Å². The van der Waals surface area contributed by atoms with Crippen LogP contribution in [0.2, 0.25) is 5.02 Å². The van der Waals surface area contributed by atoms with Gasteiger partial charge in [0, 0.05) is 32.4 Å². The van der Waals surface area contributed by atoms with Crippen LogP contribution in [0.4, 0.5) is 4.79 Å². The number of ether oxygens (including phenoxy) is 4. The Bertz CT molecular complexity index is 423. The lowest BCUT2D eigenvalue weighted by molar-refractivity contribution is -0.121. The number of hydrogen-bond acceptors (Lipinski definition) is 5. The average molecular weight is 290 g/mol. The van der Waals surface area contributed by atoms with E-state index in [4.69, 9.17) is 30.5 Å². The van der Waals surface area contributed by atoms with Crippen LogP contribution < -0.4 is 14.8 Å². The molecule has 1 N–H and O–H groups in total. The summed E-state index contributed by atoms with van der Waals surface area (Å²) in [6, 6.07) is 4.65. The minimum Gasteiger partial charge on any atom is -0.488 e. The van der Waals surface area contributed by atoms with E-state index in [1.165, 1.54) is 27.3 Å². The molecule has 1 aromatic rings. The summed E-state index contributed by atoms with van der Waals surface area (Å²) in [5, 5.41) is 2.73. The molecule has 19 heavy (non-hydrogen) atoms. The molecule has 0 radical (unpaired) electrons. The van der Waals surface area contributed by atoms with E-state index in [1.807, 2.05) is 0 Å². The molecule has 0 bridgehead atoms. The maximum atomic E-state index is 11.1. The number of nitrogens with one attached hydrogen (secondary N) is 1. The third-order valence-corrected chi connectivity index (χ3v) is 2.39. The zero-order valence-corrected chi connectivity index (χ0v) is 11.7. The third kappa shape index (κ3) is 5.34. The van der Waals surface area contributed by atoms with Gasteiger partial charge in [-0.2, -0.15) is 0 Å². The number of halogens is 1. The fourth-order valence-electron chi connectivity index (χ4n) is 1.23. The van der Waals surface area contributed by atoms with Gasteiger partial charge >= 0.3 is 6.09 Å². The highest BCUT2D eigenvalue weighted by molar-refractivity contribution is 6.30. The zero-order chi connectivity index (χ0) is 14.3. The van der Waals surface area contributed by atoms with Gasteiger partial charge in [0.2, 0.25) is 0 Å². The lowest BCUT2D eigenvalue weighted by atomic mass is 10.3. The molecule has 1 aromatic carbocycles. The molecule has 0 aliphatic carbocycles. The standard InChI is InChI=1S/C12H16ClNO5/c1-14-12(15)19-10-5-8(13)4-9(6-10)18-7-11(16-2)17-3/h4-6,11H,7H2,1-3H3,(H,14,15). The van der Waals surface area contributed by atoms with Crippen molar-refractivity contribution < 1.29 is 23.7 Å². The molecule has 0 aliphatic rings. The van der Waals surface area contributed by atoms with E-state index < -0.39 is 12.4 Å². The highest BCUT2D eigenvalue weighted by Gasteiger charge is 2.09. The molecule has 7 heteroatoms. The largest absolute Gasteiger partial charge is 0.488 e. The number of amides is 1. The molecule has 0 saturated heterocycles. The first-order valence-electron chi connectivity index (χ1n) is 5.47. The fourth-order valence-corrected chi connectivity index (χ4v) is 1.45. The lowest BCUT2D eigenvalue weighted by Gasteiger charge is -2.15. The summed E-state index contributed by atoms with van der Waals surface area (Å²) in [4.78, 5) is 11.1. The van der Waals surface area contributed by atoms with Crippen molar-refractivity contribution in [1.82, 2.24) is 5.32 Å². The quantitative estimate of drug-likeness (QED) is 0.812. The number of carbonyl (C=O) groups is 1. The van der Waals surface area contributed by atoms with Crippen LogP contribution in [0.3, 0.4) is 0 Å². The average Bonchev–Trinajstić information content (AvgIpc) is 2.39. The van der Waals surface area contributed by atoms with Gasteiger partial charge in [-0.1, -0.05) is 11.6 Å².